The Bertz CT molecular complexity index is 756. The standard InChI is InChI=1S/C14H15N3O3S/c1-17(2)12-8-9-14(21(18,19)20)13(10-12)16-15-11-6-4-3-5-7-11/h3-10H,1-2H3,(H,18,19,20). The Kier molecular flexibility index (Phi) is 4.35. The molecule has 7 heteroatoms. The fraction of sp³-hybridized carbons (Fsp3) is 0.143. The van der Waals surface area contributed by atoms with E-state index in [4.69, 9.17) is 0 Å². The summed E-state index contributed by atoms with van der Waals surface area (Å²) < 4.78 is 32.0. The van der Waals surface area contributed by atoms with Gasteiger partial charge in [-0.05, 0) is 30.3 Å². The number of rotatable bonds is 4. The molecule has 0 aliphatic heterocycles. The van der Waals surface area contributed by atoms with Crippen molar-refractivity contribution in [3.05, 3.63) is 48.5 Å². The Balaban J connectivity index is 2.49. The van der Waals surface area contributed by atoms with E-state index in [9.17, 15) is 13.0 Å². The molecule has 0 radical (unpaired) electrons. The molecular weight excluding hydrogens is 290 g/mol. The number of hydrogen-bond acceptors (Lipinski definition) is 5. The summed E-state index contributed by atoms with van der Waals surface area (Å²) in [4.78, 5) is 1.53. The van der Waals surface area contributed by atoms with E-state index < -0.39 is 10.1 Å². The molecule has 6 nitrogen and oxygen atoms in total. The van der Waals surface area contributed by atoms with Gasteiger partial charge >= 0.3 is 0 Å². The van der Waals surface area contributed by atoms with Crippen LogP contribution < -0.4 is 4.90 Å². The topological polar surface area (TPSA) is 82.3 Å². The maximum Gasteiger partial charge on any atom is 0.296 e. The second kappa shape index (κ2) is 6.02. The first-order chi connectivity index (χ1) is 9.88. The molecule has 0 amide bonds. The highest BCUT2D eigenvalue weighted by Gasteiger charge is 2.16. The van der Waals surface area contributed by atoms with Crippen LogP contribution in [0.1, 0.15) is 0 Å². The number of nitrogens with zero attached hydrogens (tertiary/aromatic N) is 3. The summed E-state index contributed by atoms with van der Waals surface area (Å²) in [5.74, 6) is 0. The van der Waals surface area contributed by atoms with Crippen LogP contribution in [-0.2, 0) is 10.1 Å². The quantitative estimate of drug-likeness (QED) is 0.693. The first-order valence-corrected chi connectivity index (χ1v) is 7.57. The molecule has 110 valence electrons. The summed E-state index contributed by atoms with van der Waals surface area (Å²) in [5.41, 5.74) is 1.44. The zero-order valence-corrected chi connectivity index (χ0v) is 12.4. The lowest BCUT2D eigenvalue weighted by molar-refractivity contribution is 0.483. The summed E-state index contributed by atoms with van der Waals surface area (Å²) in [5, 5.41) is 7.93. The van der Waals surface area contributed by atoms with Gasteiger partial charge in [0.25, 0.3) is 10.1 Å². The van der Waals surface area contributed by atoms with Crippen molar-refractivity contribution in [2.24, 2.45) is 10.2 Å². The number of benzene rings is 2. The highest BCUT2D eigenvalue weighted by molar-refractivity contribution is 7.86. The van der Waals surface area contributed by atoms with Gasteiger partial charge in [-0.1, -0.05) is 18.2 Å². The van der Waals surface area contributed by atoms with Crippen LogP contribution in [0, 0.1) is 0 Å². The lowest BCUT2D eigenvalue weighted by atomic mass is 10.2. The Morgan fingerprint density at radius 3 is 2.24 bits per heavy atom. The molecule has 1 N–H and O–H groups in total. The minimum Gasteiger partial charge on any atom is -0.378 e. The third kappa shape index (κ3) is 3.87. The van der Waals surface area contributed by atoms with Crippen molar-refractivity contribution in [2.75, 3.05) is 19.0 Å². The highest BCUT2D eigenvalue weighted by Crippen LogP contribution is 2.30. The van der Waals surface area contributed by atoms with Crippen LogP contribution in [-0.4, -0.2) is 27.1 Å². The lowest BCUT2D eigenvalue weighted by Crippen LogP contribution is -2.09. The van der Waals surface area contributed by atoms with E-state index in [1.54, 1.807) is 41.3 Å². The average Bonchev–Trinajstić information content (AvgIpc) is 2.45. The van der Waals surface area contributed by atoms with E-state index >= 15 is 0 Å². The van der Waals surface area contributed by atoms with E-state index in [1.807, 2.05) is 20.2 Å². The molecule has 2 aromatic rings. The van der Waals surface area contributed by atoms with Crippen LogP contribution in [0.3, 0.4) is 0 Å². The van der Waals surface area contributed by atoms with Crippen LogP contribution in [0.2, 0.25) is 0 Å². The highest BCUT2D eigenvalue weighted by atomic mass is 32.2. The van der Waals surface area contributed by atoms with Gasteiger partial charge in [0.1, 0.15) is 10.6 Å². The van der Waals surface area contributed by atoms with E-state index in [2.05, 4.69) is 10.2 Å². The molecule has 0 unspecified atom stereocenters. The first-order valence-electron chi connectivity index (χ1n) is 6.13. The first kappa shape index (κ1) is 15.1. The number of azo groups is 1. The lowest BCUT2D eigenvalue weighted by Gasteiger charge is -2.13. The van der Waals surface area contributed by atoms with E-state index in [-0.39, 0.29) is 10.6 Å². The van der Waals surface area contributed by atoms with Crippen LogP contribution in [0.5, 0.6) is 0 Å². The van der Waals surface area contributed by atoms with Crippen LogP contribution in [0.15, 0.2) is 63.7 Å². The van der Waals surface area contributed by atoms with Gasteiger partial charge in [0, 0.05) is 19.8 Å². The Morgan fingerprint density at radius 1 is 1.00 bits per heavy atom. The summed E-state index contributed by atoms with van der Waals surface area (Å²) in [7, 11) is -0.713. The molecule has 0 aliphatic carbocycles. The van der Waals surface area contributed by atoms with Gasteiger partial charge in [0.2, 0.25) is 0 Å². The van der Waals surface area contributed by atoms with Gasteiger partial charge in [0.15, 0.2) is 0 Å². The Morgan fingerprint density at radius 2 is 1.67 bits per heavy atom. The molecule has 0 saturated heterocycles. The molecule has 0 spiro atoms. The monoisotopic (exact) mass is 305 g/mol. The largest absolute Gasteiger partial charge is 0.378 e. The second-order valence-corrected chi connectivity index (χ2v) is 5.95. The summed E-state index contributed by atoms with van der Waals surface area (Å²) in [6, 6.07) is 13.4. The van der Waals surface area contributed by atoms with E-state index in [0.29, 0.717) is 5.69 Å². The molecule has 0 fully saturated rings. The third-order valence-corrected chi connectivity index (χ3v) is 3.67. The van der Waals surface area contributed by atoms with E-state index in [0.717, 1.165) is 5.69 Å². The molecule has 0 bridgehead atoms. The van der Waals surface area contributed by atoms with Gasteiger partial charge in [-0.3, -0.25) is 4.55 Å². The maximum atomic E-state index is 11.4. The smallest absolute Gasteiger partial charge is 0.296 e. The second-order valence-electron chi connectivity index (χ2n) is 4.56. The van der Waals surface area contributed by atoms with Crippen molar-refractivity contribution in [2.45, 2.75) is 4.90 Å². The number of anilines is 1. The minimum absolute atomic E-state index is 0.0903. The molecule has 2 rings (SSSR count). The van der Waals surface area contributed by atoms with Crippen LogP contribution >= 0.6 is 0 Å². The SMILES string of the molecule is CN(C)c1ccc(S(=O)(=O)O)c(N=Nc2ccccc2)c1. The van der Waals surface area contributed by atoms with E-state index in [1.165, 1.54) is 6.07 Å². The fourth-order valence-electron chi connectivity index (χ4n) is 1.69. The zero-order valence-electron chi connectivity index (χ0n) is 11.6. The molecule has 0 atom stereocenters. The van der Waals surface area contributed by atoms with Crippen molar-refractivity contribution in [1.29, 1.82) is 0 Å². The van der Waals surface area contributed by atoms with Crippen LogP contribution in [0.25, 0.3) is 0 Å². The van der Waals surface area contributed by atoms with Gasteiger partial charge in [0.05, 0.1) is 5.69 Å². The molecule has 0 heterocycles. The predicted octanol–water partition coefficient (Wildman–Crippen LogP) is 3.41. The normalized spacial score (nSPS) is 11.8. The van der Waals surface area contributed by atoms with Crippen molar-refractivity contribution >= 4 is 27.2 Å². The van der Waals surface area contributed by atoms with Crippen molar-refractivity contribution in [3.8, 4) is 0 Å². The average molecular weight is 305 g/mol. The Labute approximate surface area is 123 Å². The van der Waals surface area contributed by atoms with Crippen molar-refractivity contribution in [3.63, 3.8) is 0 Å². The molecule has 0 saturated carbocycles. The molecule has 2 aromatic carbocycles. The Hall–Kier alpha value is -2.25. The molecule has 0 aliphatic rings. The van der Waals surface area contributed by atoms with Gasteiger partial charge < -0.3 is 4.90 Å². The number of hydrogen-bond donors (Lipinski definition) is 1. The van der Waals surface area contributed by atoms with Crippen molar-refractivity contribution in [1.82, 2.24) is 0 Å². The van der Waals surface area contributed by atoms with Gasteiger partial charge in [-0.25, -0.2) is 0 Å². The molecular formula is C14H15N3O3S. The van der Waals surface area contributed by atoms with Gasteiger partial charge in [-0.15, -0.1) is 5.11 Å². The summed E-state index contributed by atoms with van der Waals surface area (Å²) in [6.07, 6.45) is 0. The van der Waals surface area contributed by atoms with Crippen LogP contribution in [0.4, 0.5) is 17.1 Å². The fourth-order valence-corrected chi connectivity index (χ4v) is 2.29. The third-order valence-electron chi connectivity index (χ3n) is 2.77. The van der Waals surface area contributed by atoms with Crippen molar-refractivity contribution < 1.29 is 13.0 Å². The van der Waals surface area contributed by atoms with Gasteiger partial charge in [-0.2, -0.15) is 13.5 Å². The maximum absolute atomic E-state index is 11.4. The minimum atomic E-state index is -4.35. The zero-order chi connectivity index (χ0) is 15.5. The summed E-state index contributed by atoms with van der Waals surface area (Å²) in [6.45, 7) is 0. The predicted molar refractivity (Wildman–Crippen MR) is 81.2 cm³/mol. The molecule has 21 heavy (non-hydrogen) atoms. The summed E-state index contributed by atoms with van der Waals surface area (Å²) >= 11 is 0. The molecule has 0 aromatic heterocycles.